The minimum atomic E-state index is -1.63. The molecular formula is C17H18N6O8S. The lowest BCUT2D eigenvalue weighted by molar-refractivity contribution is -0.167. The van der Waals surface area contributed by atoms with E-state index in [1.165, 1.54) is 12.0 Å². The Hall–Kier alpha value is -3.88. The molecule has 0 saturated carbocycles. The molecular weight excluding hydrogens is 448 g/mol. The van der Waals surface area contributed by atoms with E-state index in [2.05, 4.69) is 10.1 Å². The normalized spacial score (nSPS) is 24.1. The molecule has 0 aromatic carbocycles. The summed E-state index contributed by atoms with van der Waals surface area (Å²) in [5.74, 6) is -1.72. The number of carbonyl (C=O) groups excluding carboxylic acids is 3. The Morgan fingerprint density at radius 3 is 2.75 bits per heavy atom. The van der Waals surface area contributed by atoms with E-state index < -0.39 is 36.1 Å². The number of primary amides is 1. The summed E-state index contributed by atoms with van der Waals surface area (Å²) in [7, 11) is 1.27. The number of rotatable bonds is 6. The van der Waals surface area contributed by atoms with Gasteiger partial charge in [-0.15, -0.1) is 11.3 Å². The monoisotopic (exact) mass is 466 g/mol. The van der Waals surface area contributed by atoms with E-state index in [1.54, 1.807) is 5.38 Å². The lowest BCUT2D eigenvalue weighted by Crippen LogP contribution is -2.74. The van der Waals surface area contributed by atoms with Gasteiger partial charge < -0.3 is 35.8 Å². The van der Waals surface area contributed by atoms with E-state index in [0.29, 0.717) is 12.0 Å². The average molecular weight is 466 g/mol. The summed E-state index contributed by atoms with van der Waals surface area (Å²) < 4.78 is 9.65. The molecule has 5 N–H and O–H groups in total. The van der Waals surface area contributed by atoms with Gasteiger partial charge in [0.25, 0.3) is 11.8 Å². The molecule has 0 bridgehead atoms. The topological polar surface area (TPSA) is 200 Å². The van der Waals surface area contributed by atoms with Crippen LogP contribution in [0, 0.1) is 5.92 Å². The van der Waals surface area contributed by atoms with Crippen LogP contribution in [0.2, 0.25) is 0 Å². The van der Waals surface area contributed by atoms with E-state index in [4.69, 9.17) is 30.9 Å². The second-order valence-electron chi connectivity index (χ2n) is 7.04. The number of aromatic nitrogens is 1. The number of ether oxygens (including phenoxy) is 2. The van der Waals surface area contributed by atoms with Crippen LogP contribution in [0.4, 0.5) is 14.7 Å². The number of likely N-dealkylation sites (tertiary alicyclic amines) is 1. The molecule has 0 spiro atoms. The fraction of sp³-hybridized carbons (Fsp3) is 0.412. The molecule has 3 atom stereocenters. The van der Waals surface area contributed by atoms with Crippen LogP contribution in [-0.2, 0) is 23.9 Å². The number of hydrogen-bond acceptors (Lipinski definition) is 11. The van der Waals surface area contributed by atoms with Crippen LogP contribution >= 0.6 is 11.3 Å². The molecule has 2 fully saturated rings. The molecule has 4 heterocycles. The zero-order chi connectivity index (χ0) is 23.2. The van der Waals surface area contributed by atoms with Gasteiger partial charge in [-0.05, 0) is 6.42 Å². The number of amides is 3. The number of β-lactam (4-membered cyclic amide) rings is 1. The molecule has 3 aliphatic rings. The van der Waals surface area contributed by atoms with Crippen molar-refractivity contribution in [3.8, 4) is 0 Å². The first-order valence-electron chi connectivity index (χ1n) is 9.27. The minimum Gasteiger partial charge on any atom is -0.449 e. The van der Waals surface area contributed by atoms with Crippen molar-refractivity contribution in [3.05, 3.63) is 22.5 Å². The fourth-order valence-electron chi connectivity index (χ4n) is 4.29. The lowest BCUT2D eigenvalue weighted by Gasteiger charge is -2.52. The number of nitrogens with zero attached hydrogens (tertiary/aromatic N) is 4. The van der Waals surface area contributed by atoms with Crippen molar-refractivity contribution in [3.63, 3.8) is 0 Å². The first kappa shape index (κ1) is 21.4. The van der Waals surface area contributed by atoms with E-state index in [-0.39, 0.29) is 41.5 Å². The average Bonchev–Trinajstić information content (AvgIpc) is 3.28. The van der Waals surface area contributed by atoms with Gasteiger partial charge in [-0.1, -0.05) is 5.16 Å². The second kappa shape index (κ2) is 7.99. The molecule has 1 aromatic heterocycles. The summed E-state index contributed by atoms with van der Waals surface area (Å²) >= 11 is 1.12. The summed E-state index contributed by atoms with van der Waals surface area (Å²) in [4.78, 5) is 59.8. The molecule has 170 valence electrons. The van der Waals surface area contributed by atoms with Gasteiger partial charge in [0.1, 0.15) is 25.5 Å². The first-order valence-corrected chi connectivity index (χ1v) is 10.1. The fourth-order valence-corrected chi connectivity index (χ4v) is 4.84. The molecule has 15 heteroatoms. The van der Waals surface area contributed by atoms with Crippen LogP contribution in [0.5, 0.6) is 0 Å². The number of oxime groups is 1. The molecule has 4 rings (SSSR count). The van der Waals surface area contributed by atoms with Crippen molar-refractivity contribution >= 4 is 46.2 Å². The molecule has 3 aliphatic heterocycles. The van der Waals surface area contributed by atoms with Crippen molar-refractivity contribution in [2.45, 2.75) is 18.5 Å². The van der Waals surface area contributed by atoms with Crippen LogP contribution in [0.15, 0.2) is 22.0 Å². The third-order valence-electron chi connectivity index (χ3n) is 5.45. The standard InChI is InChI=1S/C17H18N6O8S/c1-29-21-9(8-5-32-15(18)20-8)12(24)22-3-2-6-7(4-30-16(19)26)14(31-17(27)28)23-10(6)11(22)13(23)25/h5-6,10-11H,2-4H2,1H3,(H2,18,20)(H2,19,26)(H,27,28)/b21-9-/t6?,10-,11+/m1/s1. The number of hydrogen-bond donors (Lipinski definition) is 3. The molecule has 1 aromatic rings. The van der Waals surface area contributed by atoms with Gasteiger partial charge >= 0.3 is 12.2 Å². The molecule has 14 nitrogen and oxygen atoms in total. The largest absolute Gasteiger partial charge is 0.512 e. The molecule has 1 unspecified atom stereocenters. The van der Waals surface area contributed by atoms with Gasteiger partial charge in [0.15, 0.2) is 10.8 Å². The Labute approximate surface area is 184 Å². The van der Waals surface area contributed by atoms with Crippen molar-refractivity contribution in [1.82, 2.24) is 14.8 Å². The highest BCUT2D eigenvalue weighted by molar-refractivity contribution is 7.13. The maximum atomic E-state index is 13.3. The highest BCUT2D eigenvalue weighted by Gasteiger charge is 2.64. The molecule has 0 radical (unpaired) electrons. The molecule has 32 heavy (non-hydrogen) atoms. The van der Waals surface area contributed by atoms with Crippen LogP contribution in [-0.4, -0.2) is 82.0 Å². The van der Waals surface area contributed by atoms with Crippen molar-refractivity contribution < 1.29 is 38.6 Å². The van der Waals surface area contributed by atoms with Crippen molar-refractivity contribution in [2.24, 2.45) is 16.8 Å². The Morgan fingerprint density at radius 1 is 1.41 bits per heavy atom. The Kier molecular flexibility index (Phi) is 5.33. The summed E-state index contributed by atoms with van der Waals surface area (Å²) in [6, 6.07) is -1.47. The van der Waals surface area contributed by atoms with Crippen molar-refractivity contribution in [2.75, 3.05) is 26.0 Å². The summed E-state index contributed by atoms with van der Waals surface area (Å²) in [5.41, 5.74) is 11.1. The van der Waals surface area contributed by atoms with E-state index >= 15 is 0 Å². The zero-order valence-electron chi connectivity index (χ0n) is 16.6. The number of nitrogens with two attached hydrogens (primary N) is 2. The summed E-state index contributed by atoms with van der Waals surface area (Å²) in [6.07, 6.45) is -2.34. The zero-order valence-corrected chi connectivity index (χ0v) is 17.4. The Morgan fingerprint density at radius 2 is 2.16 bits per heavy atom. The Balaban J connectivity index is 1.62. The lowest BCUT2D eigenvalue weighted by atomic mass is 9.78. The highest BCUT2D eigenvalue weighted by Crippen LogP contribution is 2.49. The minimum absolute atomic E-state index is 0.115. The van der Waals surface area contributed by atoms with Crippen molar-refractivity contribution in [1.29, 1.82) is 0 Å². The maximum absolute atomic E-state index is 13.3. The van der Waals surface area contributed by atoms with Crippen LogP contribution in [0.1, 0.15) is 12.1 Å². The highest BCUT2D eigenvalue weighted by atomic mass is 32.1. The van der Waals surface area contributed by atoms with Gasteiger partial charge in [-0.2, -0.15) is 0 Å². The molecule has 3 amide bonds. The SMILES string of the molecule is CO/N=C(\C(=O)N1CCC2C(COC(N)=O)=C(OC(=O)O)N3C(=O)[C@@H]1[C@@H]23)c1csc(N)n1. The van der Waals surface area contributed by atoms with Crippen LogP contribution < -0.4 is 11.5 Å². The smallest absolute Gasteiger partial charge is 0.449 e. The van der Waals surface area contributed by atoms with Crippen LogP contribution in [0.3, 0.4) is 0 Å². The predicted octanol–water partition coefficient (Wildman–Crippen LogP) is -0.481. The third-order valence-corrected chi connectivity index (χ3v) is 6.12. The third kappa shape index (κ3) is 3.35. The molecule has 0 aliphatic carbocycles. The number of carbonyl (C=O) groups is 4. The summed E-state index contributed by atoms with van der Waals surface area (Å²) in [6.45, 7) is -0.189. The number of carboxylic acid groups (broad SMARTS) is 1. The van der Waals surface area contributed by atoms with Gasteiger partial charge in [0, 0.05) is 23.4 Å². The maximum Gasteiger partial charge on any atom is 0.512 e. The number of thiazole rings is 1. The number of anilines is 1. The summed E-state index contributed by atoms with van der Waals surface area (Å²) in [5, 5.41) is 14.6. The Bertz CT molecular complexity index is 1070. The first-order chi connectivity index (χ1) is 15.2. The quantitative estimate of drug-likeness (QED) is 0.213. The van der Waals surface area contributed by atoms with Gasteiger partial charge in [0.05, 0.1) is 6.04 Å². The number of nitrogen functional groups attached to an aromatic ring is 1. The number of piperidine rings is 1. The van der Waals surface area contributed by atoms with Gasteiger partial charge in [-0.3, -0.25) is 14.5 Å². The predicted molar refractivity (Wildman–Crippen MR) is 106 cm³/mol. The van der Waals surface area contributed by atoms with Crippen LogP contribution in [0.25, 0.3) is 0 Å². The molecule has 2 saturated heterocycles. The van der Waals surface area contributed by atoms with E-state index in [9.17, 15) is 19.2 Å². The van der Waals surface area contributed by atoms with E-state index in [1.807, 2.05) is 0 Å². The van der Waals surface area contributed by atoms with Gasteiger partial charge in [-0.25, -0.2) is 14.6 Å². The second-order valence-corrected chi connectivity index (χ2v) is 7.93. The van der Waals surface area contributed by atoms with Gasteiger partial charge in [0.2, 0.25) is 5.88 Å². The van der Waals surface area contributed by atoms with E-state index in [0.717, 1.165) is 16.2 Å².